The number of hydrogen-bond acceptors (Lipinski definition) is 8. The lowest BCUT2D eigenvalue weighted by Gasteiger charge is -2.21. The second-order valence-corrected chi connectivity index (χ2v) is 6.39. The molecule has 3 atom stereocenters. The number of aliphatic hydroxyl groups excluding tert-OH is 1. The average molecular weight is 388 g/mol. The molecular weight excluding hydrogens is 368 g/mol. The summed E-state index contributed by atoms with van der Waals surface area (Å²) < 4.78 is 15.1. The molecule has 8 nitrogen and oxygen atoms in total. The number of rotatable bonds is 6. The van der Waals surface area contributed by atoms with Crippen LogP contribution in [0.1, 0.15) is 22.0 Å². The SMILES string of the molecule is COc1cc(C(=O)[C@H]2COC(=O)[C@@H]2[C@H](O)c2ccc(O)c(OC)c2)ccc1O. The Kier molecular flexibility index (Phi) is 5.41. The Bertz CT molecular complexity index is 907. The second-order valence-electron chi connectivity index (χ2n) is 6.39. The summed E-state index contributed by atoms with van der Waals surface area (Å²) >= 11 is 0. The zero-order valence-electron chi connectivity index (χ0n) is 15.3. The molecule has 1 aliphatic rings. The number of cyclic esters (lactones) is 1. The number of carbonyl (C=O) groups is 2. The van der Waals surface area contributed by atoms with Crippen LogP contribution in [-0.4, -0.2) is 47.9 Å². The lowest BCUT2D eigenvalue weighted by atomic mass is 9.82. The fraction of sp³-hybridized carbons (Fsp3) is 0.300. The van der Waals surface area contributed by atoms with E-state index in [2.05, 4.69) is 0 Å². The number of phenolic OH excluding ortho intramolecular Hbond substituents is 2. The van der Waals surface area contributed by atoms with Crippen LogP contribution < -0.4 is 9.47 Å². The van der Waals surface area contributed by atoms with Gasteiger partial charge in [-0.2, -0.15) is 0 Å². The van der Waals surface area contributed by atoms with Crippen LogP contribution >= 0.6 is 0 Å². The van der Waals surface area contributed by atoms with E-state index in [1.165, 1.54) is 50.6 Å². The summed E-state index contributed by atoms with van der Waals surface area (Å²) in [6.07, 6.45) is -1.34. The summed E-state index contributed by atoms with van der Waals surface area (Å²) in [5.41, 5.74) is 0.526. The number of aromatic hydroxyl groups is 2. The number of esters is 1. The molecule has 1 aliphatic heterocycles. The molecule has 0 aliphatic carbocycles. The van der Waals surface area contributed by atoms with E-state index >= 15 is 0 Å². The molecule has 0 amide bonds. The largest absolute Gasteiger partial charge is 0.504 e. The van der Waals surface area contributed by atoms with Crippen LogP contribution in [0.15, 0.2) is 36.4 Å². The maximum absolute atomic E-state index is 13.0. The maximum Gasteiger partial charge on any atom is 0.312 e. The van der Waals surface area contributed by atoms with Crippen molar-refractivity contribution in [2.24, 2.45) is 11.8 Å². The van der Waals surface area contributed by atoms with Crippen molar-refractivity contribution >= 4 is 11.8 Å². The van der Waals surface area contributed by atoms with Gasteiger partial charge in [-0.05, 0) is 35.9 Å². The minimum Gasteiger partial charge on any atom is -0.504 e. The highest BCUT2D eigenvalue weighted by atomic mass is 16.5. The van der Waals surface area contributed by atoms with Crippen LogP contribution in [0.4, 0.5) is 0 Å². The Morgan fingerprint density at radius 3 is 2.32 bits per heavy atom. The summed E-state index contributed by atoms with van der Waals surface area (Å²) in [6.45, 7) is -0.169. The standard InChI is InChI=1S/C20H20O8/c1-26-15-7-10(3-5-13(15)21)18(23)12-9-28-20(25)17(12)19(24)11-4-6-14(22)16(8-11)27-2/h3-8,12,17,19,21-22,24H,9H2,1-2H3/t12-,17-,19+/m0/s1. The van der Waals surface area contributed by atoms with E-state index in [0.29, 0.717) is 5.56 Å². The number of hydrogen-bond donors (Lipinski definition) is 3. The van der Waals surface area contributed by atoms with Crippen LogP contribution in [-0.2, 0) is 9.53 Å². The zero-order valence-corrected chi connectivity index (χ0v) is 15.3. The van der Waals surface area contributed by atoms with Gasteiger partial charge in [-0.1, -0.05) is 6.07 Å². The van der Waals surface area contributed by atoms with Gasteiger partial charge in [-0.25, -0.2) is 0 Å². The van der Waals surface area contributed by atoms with Crippen LogP contribution in [0.3, 0.4) is 0 Å². The highest BCUT2D eigenvalue weighted by Gasteiger charge is 2.46. The first-order valence-corrected chi connectivity index (χ1v) is 8.50. The molecule has 1 heterocycles. The van der Waals surface area contributed by atoms with Gasteiger partial charge in [-0.3, -0.25) is 9.59 Å². The van der Waals surface area contributed by atoms with Crippen LogP contribution in [0, 0.1) is 11.8 Å². The fourth-order valence-corrected chi connectivity index (χ4v) is 3.25. The first-order valence-electron chi connectivity index (χ1n) is 8.50. The number of phenols is 2. The van der Waals surface area contributed by atoms with Crippen LogP contribution in [0.5, 0.6) is 23.0 Å². The van der Waals surface area contributed by atoms with E-state index < -0.39 is 29.7 Å². The summed E-state index contributed by atoms with van der Waals surface area (Å²) in [4.78, 5) is 25.2. The van der Waals surface area contributed by atoms with E-state index in [1.807, 2.05) is 0 Å². The van der Waals surface area contributed by atoms with Gasteiger partial charge in [-0.15, -0.1) is 0 Å². The monoisotopic (exact) mass is 388 g/mol. The van der Waals surface area contributed by atoms with Crippen molar-refractivity contribution in [2.75, 3.05) is 20.8 Å². The number of methoxy groups -OCH3 is 2. The molecule has 2 aromatic carbocycles. The Hall–Kier alpha value is -3.26. The van der Waals surface area contributed by atoms with Crippen molar-refractivity contribution < 1.29 is 39.1 Å². The van der Waals surface area contributed by atoms with Crippen molar-refractivity contribution in [3.63, 3.8) is 0 Å². The first kappa shape index (κ1) is 19.5. The summed E-state index contributed by atoms with van der Waals surface area (Å²) in [5.74, 6) is -3.13. The Morgan fingerprint density at radius 1 is 1.07 bits per heavy atom. The summed E-state index contributed by atoms with van der Waals surface area (Å²) in [5, 5.41) is 30.2. The maximum atomic E-state index is 13.0. The van der Waals surface area contributed by atoms with Crippen LogP contribution in [0.25, 0.3) is 0 Å². The third-order valence-corrected chi connectivity index (χ3v) is 4.80. The highest BCUT2D eigenvalue weighted by Crippen LogP contribution is 2.39. The predicted octanol–water partition coefficient (Wildman–Crippen LogP) is 1.82. The normalized spacial score (nSPS) is 19.8. The zero-order chi connectivity index (χ0) is 20.4. The Balaban J connectivity index is 1.91. The average Bonchev–Trinajstić information content (AvgIpc) is 3.09. The first-order chi connectivity index (χ1) is 13.4. The number of aliphatic hydroxyl groups is 1. The number of benzene rings is 2. The van der Waals surface area contributed by atoms with Crippen molar-refractivity contribution in [3.05, 3.63) is 47.5 Å². The van der Waals surface area contributed by atoms with E-state index in [1.54, 1.807) is 0 Å². The second kappa shape index (κ2) is 7.77. The third kappa shape index (κ3) is 3.46. The van der Waals surface area contributed by atoms with Gasteiger partial charge < -0.3 is 29.5 Å². The minimum atomic E-state index is -1.34. The quantitative estimate of drug-likeness (QED) is 0.506. The molecule has 148 valence electrons. The fourth-order valence-electron chi connectivity index (χ4n) is 3.25. The number of Topliss-reactive ketones (excluding diaryl/α,β-unsaturated/α-hetero) is 1. The van der Waals surface area contributed by atoms with Gasteiger partial charge in [0, 0.05) is 5.56 Å². The molecule has 0 radical (unpaired) electrons. The topological polar surface area (TPSA) is 123 Å². The molecule has 2 aromatic rings. The lowest BCUT2D eigenvalue weighted by Crippen LogP contribution is -2.29. The number of ether oxygens (including phenoxy) is 3. The van der Waals surface area contributed by atoms with Crippen molar-refractivity contribution in [3.8, 4) is 23.0 Å². The lowest BCUT2D eigenvalue weighted by molar-refractivity contribution is -0.144. The Morgan fingerprint density at radius 2 is 1.68 bits per heavy atom. The molecule has 1 fully saturated rings. The van der Waals surface area contributed by atoms with Gasteiger partial charge in [0.15, 0.2) is 28.8 Å². The van der Waals surface area contributed by atoms with Crippen molar-refractivity contribution in [1.82, 2.24) is 0 Å². The molecule has 8 heteroatoms. The van der Waals surface area contributed by atoms with Crippen molar-refractivity contribution in [2.45, 2.75) is 6.10 Å². The number of ketones is 1. The predicted molar refractivity (Wildman–Crippen MR) is 96.5 cm³/mol. The van der Waals surface area contributed by atoms with E-state index in [9.17, 15) is 24.9 Å². The number of carbonyl (C=O) groups excluding carboxylic acids is 2. The molecule has 3 N–H and O–H groups in total. The van der Waals surface area contributed by atoms with E-state index in [4.69, 9.17) is 14.2 Å². The van der Waals surface area contributed by atoms with E-state index in [0.717, 1.165) is 0 Å². The minimum absolute atomic E-state index is 0.115. The summed E-state index contributed by atoms with van der Waals surface area (Å²) in [6, 6.07) is 8.28. The molecule has 3 rings (SSSR count). The third-order valence-electron chi connectivity index (χ3n) is 4.80. The van der Waals surface area contributed by atoms with Gasteiger partial charge in [0.1, 0.15) is 12.5 Å². The van der Waals surface area contributed by atoms with E-state index in [-0.39, 0.29) is 35.2 Å². The molecule has 0 spiro atoms. The molecular formula is C20H20O8. The van der Waals surface area contributed by atoms with Gasteiger partial charge in [0.25, 0.3) is 0 Å². The molecule has 0 aromatic heterocycles. The molecule has 0 bridgehead atoms. The van der Waals surface area contributed by atoms with Gasteiger partial charge in [0.05, 0.1) is 26.2 Å². The van der Waals surface area contributed by atoms with Gasteiger partial charge in [0.2, 0.25) is 0 Å². The molecule has 1 saturated heterocycles. The van der Waals surface area contributed by atoms with Gasteiger partial charge >= 0.3 is 5.97 Å². The molecule has 28 heavy (non-hydrogen) atoms. The molecule has 0 unspecified atom stereocenters. The van der Waals surface area contributed by atoms with Crippen molar-refractivity contribution in [1.29, 1.82) is 0 Å². The van der Waals surface area contributed by atoms with Crippen LogP contribution in [0.2, 0.25) is 0 Å². The summed E-state index contributed by atoms with van der Waals surface area (Å²) in [7, 11) is 2.72. The molecule has 0 saturated carbocycles. The smallest absolute Gasteiger partial charge is 0.312 e. The highest BCUT2D eigenvalue weighted by molar-refractivity contribution is 6.01. The Labute approximate surface area is 160 Å².